The minimum absolute atomic E-state index is 0.103. The maximum absolute atomic E-state index is 12.9. The van der Waals surface area contributed by atoms with Crippen molar-refractivity contribution in [2.24, 2.45) is 23.7 Å². The number of benzene rings is 1. The third-order valence-corrected chi connectivity index (χ3v) is 6.04. The van der Waals surface area contributed by atoms with Crippen LogP contribution in [0.1, 0.15) is 17.7 Å². The number of carbonyl (C=O) groups is 3. The zero-order valence-electron chi connectivity index (χ0n) is 15.7. The minimum Gasteiger partial charge on any atom is -0.467 e. The highest BCUT2D eigenvalue weighted by atomic mass is 16.3. The Balaban J connectivity index is 1.29. The lowest BCUT2D eigenvalue weighted by atomic mass is 9.85. The first-order chi connectivity index (χ1) is 14.1. The van der Waals surface area contributed by atoms with Gasteiger partial charge in [0.05, 0.1) is 30.3 Å². The average Bonchev–Trinajstić information content (AvgIpc) is 3.50. The van der Waals surface area contributed by atoms with Crippen molar-refractivity contribution in [3.63, 3.8) is 0 Å². The first kappa shape index (κ1) is 17.7. The molecule has 1 aromatic carbocycles. The molecule has 2 bridgehead atoms. The molecule has 6 heteroatoms. The fraction of sp³-hybridized carbons (Fsp3) is 0.261. The molecule has 0 unspecified atom stereocenters. The van der Waals surface area contributed by atoms with E-state index < -0.39 is 0 Å². The fourth-order valence-corrected chi connectivity index (χ4v) is 4.74. The molecule has 1 aliphatic heterocycles. The molecule has 29 heavy (non-hydrogen) atoms. The SMILES string of the molecule is O=C(/C=C/c1cccc(N2C(=O)[C@@H]3[C@H](C2=O)[C@@H]2C=C[C@H]3C2)c1)NCc1ccco1. The Hall–Kier alpha value is -3.41. The van der Waals surface area contributed by atoms with Gasteiger partial charge in [-0.3, -0.25) is 14.4 Å². The molecule has 5 rings (SSSR count). The molecule has 6 nitrogen and oxygen atoms in total. The van der Waals surface area contributed by atoms with Crippen LogP contribution in [0, 0.1) is 23.7 Å². The Morgan fingerprint density at radius 3 is 2.55 bits per heavy atom. The molecule has 0 spiro atoms. The molecule has 3 aliphatic rings. The summed E-state index contributed by atoms with van der Waals surface area (Å²) in [7, 11) is 0. The van der Waals surface area contributed by atoms with E-state index >= 15 is 0 Å². The molecular formula is C23H20N2O4. The van der Waals surface area contributed by atoms with Gasteiger partial charge in [0.15, 0.2) is 0 Å². The fourth-order valence-electron chi connectivity index (χ4n) is 4.74. The monoisotopic (exact) mass is 388 g/mol. The van der Waals surface area contributed by atoms with Crippen LogP contribution in [0.3, 0.4) is 0 Å². The summed E-state index contributed by atoms with van der Waals surface area (Å²) in [4.78, 5) is 39.2. The Morgan fingerprint density at radius 1 is 1.10 bits per heavy atom. The number of nitrogens with zero attached hydrogens (tertiary/aromatic N) is 1. The van der Waals surface area contributed by atoms with E-state index in [1.54, 1.807) is 42.7 Å². The summed E-state index contributed by atoms with van der Waals surface area (Å²) >= 11 is 0. The van der Waals surface area contributed by atoms with Gasteiger partial charge in [-0.2, -0.15) is 0 Å². The van der Waals surface area contributed by atoms with Gasteiger partial charge in [0.1, 0.15) is 5.76 Å². The summed E-state index contributed by atoms with van der Waals surface area (Å²) in [6, 6.07) is 10.7. The average molecular weight is 388 g/mol. The van der Waals surface area contributed by atoms with Crippen molar-refractivity contribution in [1.29, 1.82) is 0 Å². The van der Waals surface area contributed by atoms with Crippen molar-refractivity contribution >= 4 is 29.5 Å². The lowest BCUT2D eigenvalue weighted by molar-refractivity contribution is -0.123. The molecular weight excluding hydrogens is 368 g/mol. The van der Waals surface area contributed by atoms with Crippen LogP contribution in [-0.4, -0.2) is 17.7 Å². The van der Waals surface area contributed by atoms with Gasteiger partial charge in [0, 0.05) is 6.08 Å². The summed E-state index contributed by atoms with van der Waals surface area (Å²) in [6.45, 7) is 0.312. The quantitative estimate of drug-likeness (QED) is 0.485. The summed E-state index contributed by atoms with van der Waals surface area (Å²) in [5.74, 6) is 0.155. The summed E-state index contributed by atoms with van der Waals surface area (Å²) in [5, 5.41) is 2.74. The highest BCUT2D eigenvalue weighted by Gasteiger charge is 2.59. The van der Waals surface area contributed by atoms with Crippen molar-refractivity contribution < 1.29 is 18.8 Å². The van der Waals surface area contributed by atoms with Gasteiger partial charge in [-0.05, 0) is 54.2 Å². The highest BCUT2D eigenvalue weighted by molar-refractivity contribution is 6.22. The van der Waals surface area contributed by atoms with Crippen LogP contribution in [-0.2, 0) is 20.9 Å². The molecule has 2 aliphatic carbocycles. The highest BCUT2D eigenvalue weighted by Crippen LogP contribution is 2.53. The van der Waals surface area contributed by atoms with Crippen LogP contribution in [0.2, 0.25) is 0 Å². The number of nitrogens with one attached hydrogen (secondary N) is 1. The van der Waals surface area contributed by atoms with E-state index in [4.69, 9.17) is 4.42 Å². The number of anilines is 1. The zero-order chi connectivity index (χ0) is 20.0. The predicted molar refractivity (Wildman–Crippen MR) is 106 cm³/mol. The number of hydrogen-bond acceptors (Lipinski definition) is 4. The molecule has 1 N–H and O–H groups in total. The molecule has 1 saturated heterocycles. The lowest BCUT2D eigenvalue weighted by Gasteiger charge is -2.17. The third-order valence-electron chi connectivity index (χ3n) is 6.04. The van der Waals surface area contributed by atoms with E-state index in [1.807, 2.05) is 6.07 Å². The first-order valence-electron chi connectivity index (χ1n) is 9.76. The van der Waals surface area contributed by atoms with Gasteiger partial charge in [0.2, 0.25) is 17.7 Å². The van der Waals surface area contributed by atoms with Crippen LogP contribution in [0.4, 0.5) is 5.69 Å². The smallest absolute Gasteiger partial charge is 0.244 e. The number of furan rings is 1. The van der Waals surface area contributed by atoms with Crippen molar-refractivity contribution in [3.8, 4) is 0 Å². The van der Waals surface area contributed by atoms with Crippen LogP contribution in [0.25, 0.3) is 6.08 Å². The van der Waals surface area contributed by atoms with Gasteiger partial charge < -0.3 is 9.73 Å². The molecule has 4 atom stereocenters. The maximum atomic E-state index is 12.9. The van der Waals surface area contributed by atoms with Gasteiger partial charge in [-0.1, -0.05) is 24.3 Å². The Morgan fingerprint density at radius 2 is 1.86 bits per heavy atom. The van der Waals surface area contributed by atoms with Crippen molar-refractivity contribution in [1.82, 2.24) is 5.32 Å². The second-order valence-corrected chi connectivity index (χ2v) is 7.74. The third kappa shape index (κ3) is 3.01. The van der Waals surface area contributed by atoms with Crippen molar-refractivity contribution in [2.45, 2.75) is 13.0 Å². The minimum atomic E-state index is -0.252. The molecule has 2 heterocycles. The largest absolute Gasteiger partial charge is 0.467 e. The maximum Gasteiger partial charge on any atom is 0.244 e. The Bertz CT molecular complexity index is 1010. The molecule has 0 radical (unpaired) electrons. The topological polar surface area (TPSA) is 79.6 Å². The van der Waals surface area contributed by atoms with Crippen LogP contribution in [0.5, 0.6) is 0 Å². The standard InChI is InChI=1S/C23H20N2O4/c26-19(24-13-18-5-2-10-29-18)9-6-14-3-1-4-17(11-14)25-22(27)20-15-7-8-16(12-15)21(20)23(25)28/h1-11,15-16,20-21H,12-13H2,(H,24,26)/b9-6+/t15-,16+,20-,21+. The number of imide groups is 1. The van der Waals surface area contributed by atoms with Crippen LogP contribution >= 0.6 is 0 Å². The number of fused-ring (bicyclic) bond motifs is 5. The van der Waals surface area contributed by atoms with Gasteiger partial charge in [0.25, 0.3) is 0 Å². The number of amides is 3. The molecule has 2 aromatic rings. The second kappa shape index (κ2) is 6.88. The number of rotatable bonds is 5. The van der Waals surface area contributed by atoms with Gasteiger partial charge in [-0.15, -0.1) is 0 Å². The summed E-state index contributed by atoms with van der Waals surface area (Å²) in [5.41, 5.74) is 1.31. The number of allylic oxidation sites excluding steroid dienone is 2. The van der Waals surface area contributed by atoms with Crippen LogP contribution < -0.4 is 10.2 Å². The number of hydrogen-bond donors (Lipinski definition) is 1. The van der Waals surface area contributed by atoms with Gasteiger partial charge >= 0.3 is 0 Å². The molecule has 146 valence electrons. The molecule has 3 amide bonds. The van der Waals surface area contributed by atoms with E-state index in [0.29, 0.717) is 18.0 Å². The van der Waals surface area contributed by atoms with Crippen molar-refractivity contribution in [3.05, 3.63) is 72.2 Å². The normalized spacial score (nSPS) is 27.2. The number of carbonyl (C=O) groups excluding carboxylic acids is 3. The van der Waals surface area contributed by atoms with Gasteiger partial charge in [-0.25, -0.2) is 4.90 Å². The Labute approximate surface area is 167 Å². The Kier molecular flexibility index (Phi) is 4.19. The van der Waals surface area contributed by atoms with E-state index in [-0.39, 0.29) is 41.4 Å². The molecule has 2 fully saturated rings. The van der Waals surface area contributed by atoms with Crippen molar-refractivity contribution in [2.75, 3.05) is 4.90 Å². The van der Waals surface area contributed by atoms with E-state index in [0.717, 1.165) is 12.0 Å². The predicted octanol–water partition coefficient (Wildman–Crippen LogP) is 2.92. The van der Waals surface area contributed by atoms with E-state index in [2.05, 4.69) is 17.5 Å². The van der Waals surface area contributed by atoms with E-state index in [9.17, 15) is 14.4 Å². The molecule has 1 saturated carbocycles. The summed E-state index contributed by atoms with van der Waals surface area (Å²) in [6.07, 6.45) is 9.73. The first-order valence-corrected chi connectivity index (χ1v) is 9.76. The molecule has 1 aromatic heterocycles. The summed E-state index contributed by atoms with van der Waals surface area (Å²) < 4.78 is 5.18. The second-order valence-electron chi connectivity index (χ2n) is 7.74. The lowest BCUT2D eigenvalue weighted by Crippen LogP contribution is -2.32. The van der Waals surface area contributed by atoms with E-state index in [1.165, 1.54) is 11.0 Å². The zero-order valence-corrected chi connectivity index (χ0v) is 15.7. The van der Waals surface area contributed by atoms with Crippen LogP contribution in [0.15, 0.2) is 65.3 Å².